The molecule has 2 aliphatic heterocycles. The number of nitrogens with zero attached hydrogens (tertiary/aromatic N) is 2. The Morgan fingerprint density at radius 3 is 2.39 bits per heavy atom. The van der Waals surface area contributed by atoms with Gasteiger partial charge >= 0.3 is 4.87 Å². The monoisotopic (exact) mass is 685 g/mol. The van der Waals surface area contributed by atoms with E-state index in [4.69, 9.17) is 4.74 Å². The molecule has 3 heterocycles. The topological polar surface area (TPSA) is 97.7 Å². The normalized spacial score (nSPS) is 19.1. The van der Waals surface area contributed by atoms with E-state index in [0.29, 0.717) is 27.0 Å². The van der Waals surface area contributed by atoms with Gasteiger partial charge in [0.1, 0.15) is 17.5 Å². The maximum absolute atomic E-state index is 14.1. The number of ether oxygens (including phenoxy) is 1. The highest BCUT2D eigenvalue weighted by atomic mass is 79.9. The quantitative estimate of drug-likeness (QED) is 0.212. The van der Waals surface area contributed by atoms with Crippen molar-refractivity contribution >= 4 is 78.9 Å². The Morgan fingerprint density at radius 2 is 1.64 bits per heavy atom. The Bertz CT molecular complexity index is 2000. The van der Waals surface area contributed by atoms with Crippen molar-refractivity contribution in [2.24, 2.45) is 5.92 Å². The highest BCUT2D eigenvalue weighted by Gasteiger charge is 2.56. The summed E-state index contributed by atoms with van der Waals surface area (Å²) in [6.45, 7) is -0.227. The summed E-state index contributed by atoms with van der Waals surface area (Å²) in [6, 6.07) is 27.8. The predicted octanol–water partition coefficient (Wildman–Crippen LogP) is 6.27. The number of hydrogen-bond acceptors (Lipinski definition) is 7. The molecule has 0 bridgehead atoms. The van der Waals surface area contributed by atoms with Crippen LogP contribution in [0.2, 0.25) is 0 Å². The van der Waals surface area contributed by atoms with E-state index in [-0.39, 0.29) is 29.1 Å². The highest BCUT2D eigenvalue weighted by Crippen LogP contribution is 2.54. The number of benzene rings is 4. The third-order valence-electron chi connectivity index (χ3n) is 7.97. The van der Waals surface area contributed by atoms with E-state index in [0.717, 1.165) is 32.1 Å². The number of thioether (sulfide) groups is 1. The summed E-state index contributed by atoms with van der Waals surface area (Å²) in [6.07, 6.45) is 0. The molecule has 11 heteroatoms. The summed E-state index contributed by atoms with van der Waals surface area (Å²) in [7, 11) is 1.55. The van der Waals surface area contributed by atoms with Crippen molar-refractivity contribution in [3.63, 3.8) is 0 Å². The fraction of sp³-hybridized carbons (Fsp3) is 0.152. The van der Waals surface area contributed by atoms with E-state index in [1.807, 2.05) is 66.7 Å². The number of carbonyl (C=O) groups excluding carboxylic acids is 3. The number of imide groups is 1. The molecule has 0 radical (unpaired) electrons. The predicted molar refractivity (Wildman–Crippen MR) is 176 cm³/mol. The number of methoxy groups -OCH3 is 1. The molecule has 0 aliphatic carbocycles. The molecule has 0 saturated carbocycles. The van der Waals surface area contributed by atoms with Crippen molar-refractivity contribution in [3.8, 4) is 5.75 Å². The maximum Gasteiger partial charge on any atom is 0.308 e. The Hall–Kier alpha value is -4.19. The largest absolute Gasteiger partial charge is 0.497 e. The Balaban J connectivity index is 1.27. The molecular weight excluding hydrogens is 662 g/mol. The number of halogens is 1. The first-order chi connectivity index (χ1) is 21.3. The fourth-order valence-corrected chi connectivity index (χ4v) is 8.98. The van der Waals surface area contributed by atoms with Gasteiger partial charge in [0.25, 0.3) is 0 Å². The molecule has 8 nitrogen and oxygen atoms in total. The van der Waals surface area contributed by atoms with E-state index < -0.39 is 17.1 Å². The van der Waals surface area contributed by atoms with Gasteiger partial charge in [0.05, 0.1) is 23.7 Å². The molecule has 44 heavy (non-hydrogen) atoms. The molecule has 220 valence electrons. The molecule has 1 fully saturated rings. The van der Waals surface area contributed by atoms with E-state index >= 15 is 0 Å². The van der Waals surface area contributed by atoms with E-state index in [9.17, 15) is 19.2 Å². The van der Waals surface area contributed by atoms with Gasteiger partial charge < -0.3 is 10.1 Å². The smallest absolute Gasteiger partial charge is 0.308 e. The van der Waals surface area contributed by atoms with Gasteiger partial charge in [0.15, 0.2) is 0 Å². The molecule has 7 rings (SSSR count). The summed E-state index contributed by atoms with van der Waals surface area (Å²) in [5.74, 6) is -1.69. The molecule has 1 saturated heterocycles. The first-order valence-corrected chi connectivity index (χ1v) is 16.3. The third kappa shape index (κ3) is 4.85. The summed E-state index contributed by atoms with van der Waals surface area (Å²) in [5, 5.41) is 4.61. The molecule has 1 aromatic heterocycles. The van der Waals surface area contributed by atoms with Crippen LogP contribution in [0.15, 0.2) is 105 Å². The van der Waals surface area contributed by atoms with Crippen LogP contribution in [0.3, 0.4) is 0 Å². The molecule has 4 aromatic carbocycles. The molecule has 2 unspecified atom stereocenters. The Morgan fingerprint density at radius 1 is 0.909 bits per heavy atom. The van der Waals surface area contributed by atoms with Crippen LogP contribution in [0.1, 0.15) is 16.4 Å². The minimum absolute atomic E-state index is 0.227. The van der Waals surface area contributed by atoms with Crippen LogP contribution in [0.5, 0.6) is 5.75 Å². The first kappa shape index (κ1) is 28.6. The lowest BCUT2D eigenvalue weighted by atomic mass is 9.83. The number of aromatic nitrogens is 1. The van der Waals surface area contributed by atoms with Crippen LogP contribution in [0, 0.1) is 5.92 Å². The van der Waals surface area contributed by atoms with Gasteiger partial charge in [0.2, 0.25) is 17.7 Å². The van der Waals surface area contributed by atoms with Gasteiger partial charge in [-0.05, 0) is 53.4 Å². The average molecular weight is 687 g/mol. The zero-order valence-corrected chi connectivity index (χ0v) is 26.4. The zero-order chi connectivity index (χ0) is 30.5. The Labute approximate surface area is 268 Å². The second-order valence-electron chi connectivity index (χ2n) is 10.5. The van der Waals surface area contributed by atoms with Crippen molar-refractivity contribution < 1.29 is 19.1 Å². The summed E-state index contributed by atoms with van der Waals surface area (Å²) in [4.78, 5) is 56.4. The summed E-state index contributed by atoms with van der Waals surface area (Å²) >= 11 is 5.69. The zero-order valence-electron chi connectivity index (χ0n) is 23.2. The minimum atomic E-state index is -0.771. The number of hydrogen-bond donors (Lipinski definition) is 1. The van der Waals surface area contributed by atoms with Gasteiger partial charge in [-0.15, -0.1) is 0 Å². The van der Waals surface area contributed by atoms with E-state index in [1.54, 1.807) is 31.4 Å². The van der Waals surface area contributed by atoms with Gasteiger partial charge in [-0.2, -0.15) is 0 Å². The molecule has 2 aliphatic rings. The lowest BCUT2D eigenvalue weighted by Crippen LogP contribution is -2.33. The molecule has 5 aromatic rings. The third-order valence-corrected chi connectivity index (χ3v) is 11.1. The van der Waals surface area contributed by atoms with Crippen molar-refractivity contribution in [1.82, 2.24) is 4.57 Å². The van der Waals surface area contributed by atoms with Gasteiger partial charge in [0, 0.05) is 26.3 Å². The number of fused-ring (bicyclic) bond motifs is 3. The molecular formula is C33H24BrN3O5S2. The Kier molecular flexibility index (Phi) is 7.39. The highest BCUT2D eigenvalue weighted by molar-refractivity contribution is 9.10. The number of nitrogens with one attached hydrogen (secondary N) is 1. The van der Waals surface area contributed by atoms with E-state index in [2.05, 4.69) is 21.2 Å². The SMILES string of the molecule is COc1ccc(N2C(=O)C3Sc4c(sc(=O)n4CC(=O)Nc4cccc5ccccc45)[C@H](c4ccc(Br)cc4)C3C2=O)cc1. The standard InChI is InChI=1S/C33H24BrN3O5S2/c1-42-22-15-13-21(14-16-22)37-30(39)27-26(19-9-11-20(34)12-10-19)29-32(43-28(27)31(37)40)36(33(41)44-29)17-25(38)35-24-8-4-6-18-5-2-3-7-23(18)24/h2-16,26-28H,17H2,1H3,(H,35,38)/t26-,27?,28?/m1/s1. The lowest BCUT2D eigenvalue weighted by Gasteiger charge is -2.30. The lowest BCUT2D eigenvalue weighted by molar-refractivity contribution is -0.122. The summed E-state index contributed by atoms with van der Waals surface area (Å²) < 4.78 is 7.55. The molecule has 1 N–H and O–H groups in total. The molecule has 3 atom stereocenters. The van der Waals surface area contributed by atoms with Gasteiger partial charge in [-0.3, -0.25) is 23.7 Å². The number of carbonyl (C=O) groups is 3. The first-order valence-electron chi connectivity index (χ1n) is 13.8. The molecule has 0 spiro atoms. The van der Waals surface area contributed by atoms with Crippen LogP contribution < -0.4 is 19.8 Å². The average Bonchev–Trinajstić information content (AvgIpc) is 3.48. The van der Waals surface area contributed by atoms with Crippen molar-refractivity contribution in [2.45, 2.75) is 22.7 Å². The minimum Gasteiger partial charge on any atom is -0.497 e. The molecule has 3 amide bonds. The van der Waals surface area contributed by atoms with Crippen LogP contribution in [0.4, 0.5) is 11.4 Å². The van der Waals surface area contributed by atoms with Crippen LogP contribution >= 0.6 is 39.0 Å². The van der Waals surface area contributed by atoms with Gasteiger partial charge in [-0.25, -0.2) is 4.90 Å². The van der Waals surface area contributed by atoms with E-state index in [1.165, 1.54) is 21.2 Å². The summed E-state index contributed by atoms with van der Waals surface area (Å²) in [5.41, 5.74) is 1.93. The van der Waals surface area contributed by atoms with Gasteiger partial charge in [-0.1, -0.05) is 87.6 Å². The fourth-order valence-electron chi connectivity index (χ4n) is 5.94. The van der Waals surface area contributed by atoms with Crippen molar-refractivity contribution in [2.75, 3.05) is 17.3 Å². The van der Waals surface area contributed by atoms with Crippen molar-refractivity contribution in [1.29, 1.82) is 0 Å². The second-order valence-corrected chi connectivity index (χ2v) is 13.5. The van der Waals surface area contributed by atoms with Crippen LogP contribution in [0.25, 0.3) is 10.8 Å². The number of amides is 3. The number of thiazole rings is 1. The number of rotatable bonds is 6. The van der Waals surface area contributed by atoms with Crippen LogP contribution in [-0.2, 0) is 20.9 Å². The second kappa shape index (κ2) is 11.4. The maximum atomic E-state index is 14.1. The number of anilines is 2. The van der Waals surface area contributed by atoms with Crippen LogP contribution in [-0.4, -0.2) is 34.6 Å². The van der Waals surface area contributed by atoms with Crippen molar-refractivity contribution in [3.05, 3.63) is 116 Å².